The van der Waals surface area contributed by atoms with Gasteiger partial charge in [0.15, 0.2) is 0 Å². The first kappa shape index (κ1) is 19.4. The number of fused-ring (bicyclic) bond motifs is 1. The summed E-state index contributed by atoms with van der Waals surface area (Å²) in [5.74, 6) is 1.38. The van der Waals surface area contributed by atoms with Gasteiger partial charge in [0, 0.05) is 18.2 Å². The number of carbonyl (C=O) groups is 1. The van der Waals surface area contributed by atoms with E-state index in [-0.39, 0.29) is 5.91 Å². The number of carbonyl (C=O) groups excluding carboxylic acids is 1. The van der Waals surface area contributed by atoms with E-state index in [4.69, 9.17) is 4.74 Å². The van der Waals surface area contributed by atoms with Gasteiger partial charge in [-0.05, 0) is 63.7 Å². The normalized spacial score (nSPS) is 22.5. The third-order valence-corrected chi connectivity index (χ3v) is 7.28. The van der Waals surface area contributed by atoms with E-state index in [9.17, 15) is 4.79 Å². The number of amides is 1. The van der Waals surface area contributed by atoms with E-state index in [1.54, 1.807) is 7.11 Å². The molecule has 2 aromatic rings. The van der Waals surface area contributed by atoms with Gasteiger partial charge < -0.3 is 15.0 Å². The van der Waals surface area contributed by atoms with E-state index < -0.39 is 0 Å². The Hall–Kier alpha value is -1.92. The Morgan fingerprint density at radius 2 is 2.14 bits per heavy atom. The molecule has 0 bridgehead atoms. The van der Waals surface area contributed by atoms with Gasteiger partial charge in [0.05, 0.1) is 12.8 Å². The van der Waals surface area contributed by atoms with Crippen molar-refractivity contribution in [3.05, 3.63) is 34.8 Å². The highest BCUT2D eigenvalue weighted by atomic mass is 32.1. The number of aryl methyl sites for hydroxylation is 1. The molecule has 3 heterocycles. The number of rotatable bonds is 5. The molecule has 150 valence electrons. The standard InChI is InChI=1S/C22H29N3O2S/c1-15-20(28-22(24-15)16-7-5-9-18(13-16)27-2)21(26)23-14-17-8-6-12-25-11-4-3-10-19(17)25/h5,7,9,13,17,19H,3-4,6,8,10-12,14H2,1-2H3,(H,23,26)/t17-,19+/m0/s1. The molecule has 2 aliphatic rings. The van der Waals surface area contributed by atoms with Gasteiger partial charge in [-0.15, -0.1) is 11.3 Å². The van der Waals surface area contributed by atoms with Crippen molar-refractivity contribution in [3.63, 3.8) is 0 Å². The second-order valence-corrected chi connectivity index (χ2v) is 8.88. The molecule has 28 heavy (non-hydrogen) atoms. The van der Waals surface area contributed by atoms with E-state index in [1.807, 2.05) is 31.2 Å². The topological polar surface area (TPSA) is 54.5 Å². The maximum Gasteiger partial charge on any atom is 0.263 e. The van der Waals surface area contributed by atoms with Crippen LogP contribution in [0.2, 0.25) is 0 Å². The Kier molecular flexibility index (Phi) is 5.97. The molecule has 0 unspecified atom stereocenters. The summed E-state index contributed by atoms with van der Waals surface area (Å²) in [7, 11) is 1.66. The fraction of sp³-hybridized carbons (Fsp3) is 0.545. The quantitative estimate of drug-likeness (QED) is 0.822. The first-order chi connectivity index (χ1) is 13.7. The summed E-state index contributed by atoms with van der Waals surface area (Å²) in [6.07, 6.45) is 6.39. The van der Waals surface area contributed by atoms with Crippen LogP contribution in [0.4, 0.5) is 0 Å². The molecule has 0 aliphatic carbocycles. The number of thiazole rings is 1. The molecule has 1 aromatic heterocycles. The molecule has 2 saturated heterocycles. The van der Waals surface area contributed by atoms with Crippen LogP contribution in [0.1, 0.15) is 47.5 Å². The Morgan fingerprint density at radius 3 is 3.00 bits per heavy atom. The van der Waals surface area contributed by atoms with Gasteiger partial charge in [-0.25, -0.2) is 4.98 Å². The highest BCUT2D eigenvalue weighted by Crippen LogP contribution is 2.32. The third kappa shape index (κ3) is 4.08. The van der Waals surface area contributed by atoms with Gasteiger partial charge in [-0.1, -0.05) is 18.6 Å². The second kappa shape index (κ2) is 8.62. The molecule has 2 aliphatic heterocycles. The smallest absolute Gasteiger partial charge is 0.263 e. The predicted octanol–water partition coefficient (Wildman–Crippen LogP) is 4.12. The molecule has 1 amide bonds. The number of nitrogens with zero attached hydrogens (tertiary/aromatic N) is 2. The largest absolute Gasteiger partial charge is 0.497 e. The van der Waals surface area contributed by atoms with Gasteiger partial charge in [-0.2, -0.15) is 0 Å². The highest BCUT2D eigenvalue weighted by molar-refractivity contribution is 7.17. The molecular formula is C22H29N3O2S. The summed E-state index contributed by atoms with van der Waals surface area (Å²) in [5, 5.41) is 4.07. The van der Waals surface area contributed by atoms with Crippen molar-refractivity contribution < 1.29 is 9.53 Å². The zero-order valence-corrected chi connectivity index (χ0v) is 17.6. The minimum Gasteiger partial charge on any atom is -0.497 e. The Bertz CT molecular complexity index is 833. The fourth-order valence-corrected chi connectivity index (χ4v) is 5.58. The second-order valence-electron chi connectivity index (χ2n) is 7.88. The Balaban J connectivity index is 1.43. The van der Waals surface area contributed by atoms with Crippen molar-refractivity contribution >= 4 is 17.2 Å². The SMILES string of the molecule is COc1cccc(-c2nc(C)c(C(=O)NC[C@@H]3CCCN4CCCC[C@H]34)s2)c1. The molecule has 0 spiro atoms. The van der Waals surface area contributed by atoms with E-state index in [1.165, 1.54) is 56.5 Å². The lowest BCUT2D eigenvalue weighted by Gasteiger charge is -2.44. The lowest BCUT2D eigenvalue weighted by Crippen LogP contribution is -2.50. The zero-order chi connectivity index (χ0) is 19.5. The van der Waals surface area contributed by atoms with Crippen LogP contribution in [0.25, 0.3) is 10.6 Å². The average molecular weight is 400 g/mol. The van der Waals surface area contributed by atoms with Gasteiger partial charge in [0.2, 0.25) is 0 Å². The van der Waals surface area contributed by atoms with Gasteiger partial charge in [0.1, 0.15) is 15.6 Å². The maximum atomic E-state index is 12.9. The van der Waals surface area contributed by atoms with Crippen molar-refractivity contribution in [2.45, 2.75) is 45.1 Å². The van der Waals surface area contributed by atoms with Crippen molar-refractivity contribution in [1.29, 1.82) is 0 Å². The van der Waals surface area contributed by atoms with Gasteiger partial charge in [-0.3, -0.25) is 4.79 Å². The molecule has 1 N–H and O–H groups in total. The highest BCUT2D eigenvalue weighted by Gasteiger charge is 2.33. The van der Waals surface area contributed by atoms with Crippen LogP contribution in [-0.4, -0.2) is 48.6 Å². The van der Waals surface area contributed by atoms with Gasteiger partial charge in [0.25, 0.3) is 5.91 Å². The van der Waals surface area contributed by atoms with Crippen molar-refractivity contribution in [2.75, 3.05) is 26.7 Å². The van der Waals surface area contributed by atoms with Crippen LogP contribution in [0.15, 0.2) is 24.3 Å². The van der Waals surface area contributed by atoms with Crippen LogP contribution in [0.5, 0.6) is 5.75 Å². The molecule has 4 rings (SSSR count). The van der Waals surface area contributed by atoms with E-state index in [2.05, 4.69) is 15.2 Å². The number of ether oxygens (including phenoxy) is 1. The minimum atomic E-state index is 0.0112. The third-order valence-electron chi connectivity index (χ3n) is 6.07. The summed E-state index contributed by atoms with van der Waals surface area (Å²) in [6.45, 7) is 5.14. The lowest BCUT2D eigenvalue weighted by atomic mass is 9.83. The molecule has 2 fully saturated rings. The summed E-state index contributed by atoms with van der Waals surface area (Å²) >= 11 is 1.46. The lowest BCUT2D eigenvalue weighted by molar-refractivity contribution is 0.0576. The van der Waals surface area contributed by atoms with Crippen LogP contribution in [0, 0.1) is 12.8 Å². The number of piperidine rings is 2. The summed E-state index contributed by atoms with van der Waals surface area (Å²) in [6, 6.07) is 8.47. The number of hydrogen-bond donors (Lipinski definition) is 1. The maximum absolute atomic E-state index is 12.9. The predicted molar refractivity (Wildman–Crippen MR) is 113 cm³/mol. The monoisotopic (exact) mass is 399 g/mol. The molecule has 5 nitrogen and oxygen atoms in total. The number of benzene rings is 1. The molecule has 0 radical (unpaired) electrons. The summed E-state index contributed by atoms with van der Waals surface area (Å²) in [4.78, 5) is 20.8. The fourth-order valence-electron chi connectivity index (χ4n) is 4.61. The first-order valence-electron chi connectivity index (χ1n) is 10.3. The zero-order valence-electron chi connectivity index (χ0n) is 16.7. The van der Waals surface area contributed by atoms with Crippen LogP contribution < -0.4 is 10.1 Å². The van der Waals surface area contributed by atoms with Crippen molar-refractivity contribution in [1.82, 2.24) is 15.2 Å². The summed E-state index contributed by atoms with van der Waals surface area (Å²) in [5.41, 5.74) is 1.78. The number of methoxy groups -OCH3 is 1. The Morgan fingerprint density at radius 1 is 1.29 bits per heavy atom. The number of hydrogen-bond acceptors (Lipinski definition) is 5. The number of nitrogens with one attached hydrogen (secondary N) is 1. The van der Waals surface area contributed by atoms with E-state index in [0.29, 0.717) is 16.8 Å². The van der Waals surface area contributed by atoms with Crippen molar-refractivity contribution in [3.8, 4) is 16.3 Å². The van der Waals surface area contributed by atoms with Crippen LogP contribution >= 0.6 is 11.3 Å². The molecular weight excluding hydrogens is 370 g/mol. The molecule has 0 saturated carbocycles. The summed E-state index contributed by atoms with van der Waals surface area (Å²) < 4.78 is 5.30. The minimum absolute atomic E-state index is 0.0112. The van der Waals surface area contributed by atoms with Crippen molar-refractivity contribution in [2.24, 2.45) is 5.92 Å². The van der Waals surface area contributed by atoms with E-state index >= 15 is 0 Å². The van der Waals surface area contributed by atoms with Gasteiger partial charge >= 0.3 is 0 Å². The first-order valence-corrected chi connectivity index (χ1v) is 11.1. The Labute approximate surface area is 171 Å². The van der Waals surface area contributed by atoms with Crippen LogP contribution in [0.3, 0.4) is 0 Å². The number of aromatic nitrogens is 1. The van der Waals surface area contributed by atoms with Crippen LogP contribution in [-0.2, 0) is 0 Å². The van der Waals surface area contributed by atoms with E-state index in [0.717, 1.165) is 28.6 Å². The molecule has 6 heteroatoms. The molecule has 2 atom stereocenters. The molecule has 1 aromatic carbocycles. The average Bonchev–Trinajstić information content (AvgIpc) is 3.14.